The summed E-state index contributed by atoms with van der Waals surface area (Å²) in [4.78, 5) is 34.8. The topological polar surface area (TPSA) is 403 Å². The summed E-state index contributed by atoms with van der Waals surface area (Å²) in [5, 5.41) is 118. The van der Waals surface area contributed by atoms with Crippen LogP contribution in [0.5, 0.6) is 0 Å². The molecule has 3 aromatic carbocycles. The van der Waals surface area contributed by atoms with Crippen LogP contribution < -0.4 is 33.2 Å². The van der Waals surface area contributed by atoms with Gasteiger partial charge in [-0.3, -0.25) is 25.2 Å². The van der Waals surface area contributed by atoms with Gasteiger partial charge >= 0.3 is 0 Å². The van der Waals surface area contributed by atoms with Crippen molar-refractivity contribution in [1.82, 2.24) is 25.5 Å². The number of aliphatic hydroxyl groups excluding tert-OH is 10. The van der Waals surface area contributed by atoms with Crippen molar-refractivity contribution in [2.75, 3.05) is 56.2 Å². The number of carbonyl (C=O) groups is 2. The molecule has 0 radical (unpaired) electrons. The van der Waals surface area contributed by atoms with Crippen molar-refractivity contribution in [1.29, 1.82) is 5.41 Å². The second-order valence-electron chi connectivity index (χ2n) is 16.2. The quantitative estimate of drug-likeness (QED) is 0.0173. The molecule has 0 aliphatic heterocycles. The molecule has 23 heteroatoms. The number of aromatic nitrogens is 2. The van der Waals surface area contributed by atoms with E-state index in [9.17, 15) is 50.4 Å². The number of nitrogens with one attached hydrogen (secondary N) is 4. The van der Waals surface area contributed by atoms with Gasteiger partial charge in [0.05, 0.1) is 31.5 Å². The van der Waals surface area contributed by atoms with E-state index in [0.717, 1.165) is 40.3 Å². The Balaban J connectivity index is 1.27. The van der Waals surface area contributed by atoms with E-state index in [4.69, 9.17) is 44.4 Å². The maximum atomic E-state index is 13.3. The highest BCUT2D eigenvalue weighted by Crippen LogP contribution is 2.26. The molecule has 0 aliphatic carbocycles. The summed E-state index contributed by atoms with van der Waals surface area (Å²) in [5.74, 6) is -1.72. The van der Waals surface area contributed by atoms with Crippen LogP contribution in [0.25, 0.3) is 10.8 Å². The lowest BCUT2D eigenvalue weighted by molar-refractivity contribution is -0.130. The molecule has 20 N–H and O–H groups in total. The zero-order valence-corrected chi connectivity index (χ0v) is 37.5. The van der Waals surface area contributed by atoms with Gasteiger partial charge in [-0.05, 0) is 84.7 Å². The highest BCUT2D eigenvalue weighted by atomic mass is 35.5. The minimum atomic E-state index is -1.89. The van der Waals surface area contributed by atoms with Crippen molar-refractivity contribution >= 4 is 57.5 Å². The molecular formula is C44H63ClN10O12. The average Bonchev–Trinajstić information content (AvgIpc) is 3.31. The Morgan fingerprint density at radius 2 is 1.25 bits per heavy atom. The molecule has 368 valence electrons. The van der Waals surface area contributed by atoms with Crippen LogP contribution in [-0.2, 0) is 24.1 Å². The molecule has 1 heterocycles. The Bertz CT molecular complexity index is 2200. The number of aryl methyl sites for hydroxylation is 2. The first-order valence-electron chi connectivity index (χ1n) is 21.6. The Kier molecular flexibility index (Phi) is 21.4. The van der Waals surface area contributed by atoms with Gasteiger partial charge in [-0.1, -0.05) is 60.1 Å². The van der Waals surface area contributed by atoms with E-state index in [1.54, 1.807) is 24.3 Å². The number of unbranched alkanes of at least 4 members (excludes halogenated alkanes) is 1. The van der Waals surface area contributed by atoms with Gasteiger partial charge in [0.15, 0.2) is 28.4 Å². The van der Waals surface area contributed by atoms with Gasteiger partial charge in [0.1, 0.15) is 36.6 Å². The fourth-order valence-corrected chi connectivity index (χ4v) is 7.38. The van der Waals surface area contributed by atoms with E-state index >= 15 is 0 Å². The van der Waals surface area contributed by atoms with Crippen molar-refractivity contribution in [3.63, 3.8) is 0 Å². The monoisotopic (exact) mass is 958 g/mol. The van der Waals surface area contributed by atoms with Crippen LogP contribution in [0.15, 0.2) is 60.7 Å². The Morgan fingerprint density at radius 1 is 0.701 bits per heavy atom. The lowest BCUT2D eigenvalue weighted by Gasteiger charge is -2.33. The molecular weight excluding hydrogens is 896 g/mol. The SMILES string of the molecule is N=C(NCCCCc1ccc(C[C@H](N)C(=O)Nc2ccc(CCCN(C[C@H](O)[C@@H](O)[C@H](O)[C@H](O)CO)C[C@H](O)[C@@H](O)[C@H](O)[C@H](O)CO)cc2)c2ccccc12)NC(=O)c1nc(Cl)c(N)nc1N. The Hall–Kier alpha value is -5.18. The van der Waals surface area contributed by atoms with Gasteiger partial charge in [0.2, 0.25) is 5.91 Å². The van der Waals surface area contributed by atoms with Crippen molar-refractivity contribution in [3.8, 4) is 0 Å². The molecule has 0 saturated carbocycles. The van der Waals surface area contributed by atoms with Crippen LogP contribution in [0, 0.1) is 5.41 Å². The van der Waals surface area contributed by atoms with E-state index < -0.39 is 79.9 Å². The molecule has 0 fully saturated rings. The second kappa shape index (κ2) is 26.4. The number of benzene rings is 3. The number of halogens is 1. The second-order valence-corrected chi connectivity index (χ2v) is 16.6. The number of anilines is 3. The average molecular weight is 959 g/mol. The number of carbonyl (C=O) groups excluding carboxylic acids is 2. The molecule has 1 aromatic heterocycles. The Morgan fingerprint density at radius 3 is 1.84 bits per heavy atom. The number of amides is 2. The van der Waals surface area contributed by atoms with E-state index in [1.165, 1.54) is 4.90 Å². The molecule has 2 amide bonds. The highest BCUT2D eigenvalue weighted by Gasteiger charge is 2.34. The molecule has 4 rings (SSSR count). The summed E-state index contributed by atoms with van der Waals surface area (Å²) < 4.78 is 0. The summed E-state index contributed by atoms with van der Waals surface area (Å²) in [6.07, 6.45) is -11.1. The van der Waals surface area contributed by atoms with Crippen molar-refractivity contribution in [2.45, 2.75) is 93.4 Å². The lowest BCUT2D eigenvalue weighted by Crippen LogP contribution is -2.53. The number of rotatable bonds is 26. The maximum absolute atomic E-state index is 13.3. The van der Waals surface area contributed by atoms with Gasteiger partial charge in [0.25, 0.3) is 5.91 Å². The smallest absolute Gasteiger partial charge is 0.280 e. The van der Waals surface area contributed by atoms with Crippen LogP contribution in [-0.4, -0.2) is 178 Å². The van der Waals surface area contributed by atoms with Crippen molar-refractivity contribution in [2.24, 2.45) is 5.73 Å². The summed E-state index contributed by atoms with van der Waals surface area (Å²) in [6, 6.07) is 17.9. The highest BCUT2D eigenvalue weighted by molar-refractivity contribution is 6.31. The van der Waals surface area contributed by atoms with Crippen molar-refractivity contribution < 1.29 is 60.7 Å². The number of nitrogen functional groups attached to an aromatic ring is 2. The van der Waals surface area contributed by atoms with Crippen LogP contribution in [0.2, 0.25) is 5.15 Å². The van der Waals surface area contributed by atoms with Crippen LogP contribution in [0.4, 0.5) is 17.3 Å². The largest absolute Gasteiger partial charge is 0.394 e. The third-order valence-corrected chi connectivity index (χ3v) is 11.4. The zero-order valence-electron chi connectivity index (χ0n) is 36.7. The number of hydrogen-bond acceptors (Lipinski definition) is 19. The summed E-state index contributed by atoms with van der Waals surface area (Å²) in [5.41, 5.74) is 20.8. The van der Waals surface area contributed by atoms with Gasteiger partial charge in [0, 0.05) is 25.3 Å². The summed E-state index contributed by atoms with van der Waals surface area (Å²) >= 11 is 5.85. The molecule has 67 heavy (non-hydrogen) atoms. The molecule has 0 aliphatic rings. The van der Waals surface area contributed by atoms with Gasteiger partial charge in [-0.25, -0.2) is 9.97 Å². The first kappa shape index (κ1) is 54.4. The lowest BCUT2D eigenvalue weighted by atomic mass is 9.93. The van der Waals surface area contributed by atoms with Crippen LogP contribution in [0.1, 0.15) is 46.4 Å². The molecule has 9 atom stereocenters. The third kappa shape index (κ3) is 16.0. The summed E-state index contributed by atoms with van der Waals surface area (Å²) in [6.45, 7) is -1.95. The van der Waals surface area contributed by atoms with Gasteiger partial charge < -0.3 is 78.9 Å². The number of guanidine groups is 1. The normalized spacial score (nSPS) is 15.8. The van der Waals surface area contributed by atoms with Gasteiger partial charge in [-0.2, -0.15) is 0 Å². The van der Waals surface area contributed by atoms with E-state index in [0.29, 0.717) is 31.5 Å². The van der Waals surface area contributed by atoms with E-state index in [2.05, 4.69) is 25.9 Å². The van der Waals surface area contributed by atoms with Crippen LogP contribution in [0.3, 0.4) is 0 Å². The predicted octanol–water partition coefficient (Wildman–Crippen LogP) is -2.66. The standard InChI is InChI=1S/C44H63ClN10O12/c45-39-41(48)53-40(47)34(52-39)43(67)54-44(49)50-16-4-3-7-24-12-13-25(28-9-2-1-8-27(24)28)18-29(46)42(66)51-26-14-10-23(11-15-26)6-5-17-55(19-30(58)35(62)37(64)32(60)21-56)20-31(59)36(63)38(65)33(61)22-57/h1-2,8-15,29-33,35-38,56-65H,3-7,16-22,46H2,(H,51,66)(H4,47,48,53)(H3,49,50,54,67)/t29-,30-,31-,32+,33+,35+,36+,37+,38+/m0/s1. The number of nitrogens with two attached hydrogens (primary N) is 3. The number of fused-ring (bicyclic) bond motifs is 1. The number of aliphatic hydroxyl groups is 10. The molecule has 0 unspecified atom stereocenters. The van der Waals surface area contributed by atoms with Gasteiger partial charge in [-0.15, -0.1) is 0 Å². The minimum absolute atomic E-state index is 0.113. The van der Waals surface area contributed by atoms with E-state index in [-0.39, 0.29) is 54.5 Å². The van der Waals surface area contributed by atoms with Crippen LogP contribution >= 0.6 is 11.6 Å². The summed E-state index contributed by atoms with van der Waals surface area (Å²) in [7, 11) is 0. The molecule has 0 bridgehead atoms. The fraction of sp³-hybridized carbons (Fsp3) is 0.477. The molecule has 22 nitrogen and oxygen atoms in total. The Labute approximate surface area is 391 Å². The number of nitrogens with zero attached hydrogens (tertiary/aromatic N) is 3. The first-order valence-corrected chi connectivity index (χ1v) is 22.0. The predicted molar refractivity (Wildman–Crippen MR) is 250 cm³/mol. The number of hydrogen-bond donors (Lipinski definition) is 17. The maximum Gasteiger partial charge on any atom is 0.280 e. The zero-order chi connectivity index (χ0) is 49.4. The minimum Gasteiger partial charge on any atom is -0.394 e. The van der Waals surface area contributed by atoms with E-state index in [1.807, 2.05) is 36.4 Å². The third-order valence-electron chi connectivity index (χ3n) is 11.1. The molecule has 0 saturated heterocycles. The molecule has 0 spiro atoms. The van der Waals surface area contributed by atoms with Crippen molar-refractivity contribution in [3.05, 3.63) is 88.2 Å². The molecule has 4 aromatic rings. The fourth-order valence-electron chi connectivity index (χ4n) is 7.25. The first-order chi connectivity index (χ1) is 31.8.